The largest absolute Gasteiger partial charge is 0.480 e. The summed E-state index contributed by atoms with van der Waals surface area (Å²) in [7, 11) is 0. The molecule has 0 spiro atoms. The first-order valence-electron chi connectivity index (χ1n) is 5.45. The highest BCUT2D eigenvalue weighted by molar-refractivity contribution is 5.82. The van der Waals surface area contributed by atoms with Crippen molar-refractivity contribution in [2.75, 3.05) is 13.1 Å². The van der Waals surface area contributed by atoms with E-state index in [1.165, 1.54) is 11.0 Å². The van der Waals surface area contributed by atoms with E-state index in [4.69, 9.17) is 5.11 Å². The van der Waals surface area contributed by atoms with Gasteiger partial charge in [-0.15, -0.1) is 6.58 Å². The molecule has 0 radical (unpaired) electrons. The SMILES string of the molecule is C=CCC(NC(=O)N(CC)CC(=C)C)C(=O)O. The van der Waals surface area contributed by atoms with Gasteiger partial charge in [0, 0.05) is 13.1 Å². The fourth-order valence-electron chi connectivity index (χ4n) is 1.28. The quantitative estimate of drug-likeness (QED) is 0.664. The summed E-state index contributed by atoms with van der Waals surface area (Å²) < 4.78 is 0. The lowest BCUT2D eigenvalue weighted by atomic mass is 10.2. The van der Waals surface area contributed by atoms with Crippen LogP contribution in [0.25, 0.3) is 0 Å². The smallest absolute Gasteiger partial charge is 0.326 e. The number of urea groups is 1. The van der Waals surface area contributed by atoms with E-state index < -0.39 is 18.0 Å². The third kappa shape index (κ3) is 5.75. The molecule has 5 heteroatoms. The second-order valence-corrected chi connectivity index (χ2v) is 3.84. The number of carbonyl (C=O) groups excluding carboxylic acids is 1. The Morgan fingerprint density at radius 2 is 2.12 bits per heavy atom. The Morgan fingerprint density at radius 1 is 1.53 bits per heavy atom. The lowest BCUT2D eigenvalue weighted by molar-refractivity contribution is -0.139. The molecule has 0 aromatic carbocycles. The number of rotatable bonds is 7. The van der Waals surface area contributed by atoms with E-state index >= 15 is 0 Å². The minimum atomic E-state index is -1.07. The average molecular weight is 240 g/mol. The predicted molar refractivity (Wildman–Crippen MR) is 66.8 cm³/mol. The second kappa shape index (κ2) is 7.49. The lowest BCUT2D eigenvalue weighted by Gasteiger charge is -2.23. The highest BCUT2D eigenvalue weighted by atomic mass is 16.4. The van der Waals surface area contributed by atoms with E-state index in [1.54, 1.807) is 0 Å². The van der Waals surface area contributed by atoms with Crippen molar-refractivity contribution in [3.05, 3.63) is 24.8 Å². The van der Waals surface area contributed by atoms with Crippen molar-refractivity contribution in [1.29, 1.82) is 0 Å². The zero-order valence-corrected chi connectivity index (χ0v) is 10.4. The van der Waals surface area contributed by atoms with Crippen LogP contribution in [0.5, 0.6) is 0 Å². The van der Waals surface area contributed by atoms with E-state index in [0.717, 1.165) is 5.57 Å². The maximum absolute atomic E-state index is 11.8. The number of carboxylic acids is 1. The molecule has 2 amide bonds. The van der Waals surface area contributed by atoms with Crippen LogP contribution >= 0.6 is 0 Å². The van der Waals surface area contributed by atoms with Crippen LogP contribution in [0.4, 0.5) is 4.79 Å². The van der Waals surface area contributed by atoms with E-state index in [1.807, 2.05) is 13.8 Å². The summed E-state index contributed by atoms with van der Waals surface area (Å²) in [5, 5.41) is 11.3. The fourth-order valence-corrected chi connectivity index (χ4v) is 1.28. The van der Waals surface area contributed by atoms with E-state index in [0.29, 0.717) is 13.1 Å². The molecular formula is C12H20N2O3. The molecule has 0 aliphatic heterocycles. The molecule has 2 N–H and O–H groups in total. The van der Waals surface area contributed by atoms with Crippen LogP contribution in [0.2, 0.25) is 0 Å². The zero-order chi connectivity index (χ0) is 13.4. The van der Waals surface area contributed by atoms with Crippen LogP contribution in [0, 0.1) is 0 Å². The average Bonchev–Trinajstić information content (AvgIpc) is 2.24. The fraction of sp³-hybridized carbons (Fsp3) is 0.500. The van der Waals surface area contributed by atoms with Crippen molar-refractivity contribution >= 4 is 12.0 Å². The van der Waals surface area contributed by atoms with Gasteiger partial charge in [-0.3, -0.25) is 0 Å². The molecule has 0 aliphatic carbocycles. The summed E-state index contributed by atoms with van der Waals surface area (Å²) in [5.41, 5.74) is 0.845. The Hall–Kier alpha value is -1.78. The van der Waals surface area contributed by atoms with Crippen LogP contribution in [-0.2, 0) is 4.79 Å². The zero-order valence-electron chi connectivity index (χ0n) is 10.4. The van der Waals surface area contributed by atoms with Crippen LogP contribution in [-0.4, -0.2) is 41.1 Å². The van der Waals surface area contributed by atoms with Crippen molar-refractivity contribution in [3.8, 4) is 0 Å². The van der Waals surface area contributed by atoms with Gasteiger partial charge in [-0.05, 0) is 20.3 Å². The summed E-state index contributed by atoms with van der Waals surface area (Å²) in [6.45, 7) is 11.7. The third-order valence-corrected chi connectivity index (χ3v) is 2.13. The molecule has 5 nitrogen and oxygen atoms in total. The third-order valence-electron chi connectivity index (χ3n) is 2.13. The lowest BCUT2D eigenvalue weighted by Crippen LogP contribution is -2.48. The molecule has 17 heavy (non-hydrogen) atoms. The standard InChI is InChI=1S/C12H20N2O3/c1-5-7-10(11(15)16)13-12(17)14(6-2)8-9(3)4/h5,10H,1,3,6-8H2,2,4H3,(H,13,17)(H,15,16). The summed E-state index contributed by atoms with van der Waals surface area (Å²) in [5.74, 6) is -1.07. The van der Waals surface area contributed by atoms with Gasteiger partial charge in [0.25, 0.3) is 0 Å². The van der Waals surface area contributed by atoms with Gasteiger partial charge in [-0.25, -0.2) is 9.59 Å². The molecule has 0 rings (SSSR count). The number of aliphatic carboxylic acids is 1. The predicted octanol–water partition coefficient (Wildman–Crippen LogP) is 1.62. The van der Waals surface area contributed by atoms with Crippen molar-refractivity contribution < 1.29 is 14.7 Å². The number of carbonyl (C=O) groups is 2. The highest BCUT2D eigenvalue weighted by Crippen LogP contribution is 1.99. The van der Waals surface area contributed by atoms with Gasteiger partial charge in [0.15, 0.2) is 0 Å². The molecule has 96 valence electrons. The first kappa shape index (κ1) is 15.2. The molecular weight excluding hydrogens is 220 g/mol. The molecule has 0 aliphatic rings. The van der Waals surface area contributed by atoms with Crippen molar-refractivity contribution in [3.63, 3.8) is 0 Å². The number of nitrogens with zero attached hydrogens (tertiary/aromatic N) is 1. The van der Waals surface area contributed by atoms with Gasteiger partial charge >= 0.3 is 12.0 Å². The molecule has 0 heterocycles. The molecule has 1 atom stereocenters. The van der Waals surface area contributed by atoms with Crippen LogP contribution in [0.15, 0.2) is 24.8 Å². The molecule has 0 aromatic rings. The number of carboxylic acid groups (broad SMARTS) is 1. The van der Waals surface area contributed by atoms with E-state index in [-0.39, 0.29) is 6.42 Å². The van der Waals surface area contributed by atoms with Gasteiger partial charge in [-0.2, -0.15) is 0 Å². The Kier molecular flexibility index (Phi) is 6.70. The number of nitrogens with one attached hydrogen (secondary N) is 1. The Balaban J connectivity index is 4.50. The van der Waals surface area contributed by atoms with E-state index in [9.17, 15) is 9.59 Å². The number of hydrogen-bond donors (Lipinski definition) is 2. The Labute approximate surface area is 102 Å². The number of hydrogen-bond acceptors (Lipinski definition) is 2. The molecule has 0 bridgehead atoms. The molecule has 0 saturated carbocycles. The van der Waals surface area contributed by atoms with Gasteiger partial charge in [-0.1, -0.05) is 18.2 Å². The number of amides is 2. The highest BCUT2D eigenvalue weighted by Gasteiger charge is 2.21. The van der Waals surface area contributed by atoms with Crippen molar-refractivity contribution in [2.45, 2.75) is 26.3 Å². The Morgan fingerprint density at radius 3 is 2.47 bits per heavy atom. The minimum Gasteiger partial charge on any atom is -0.480 e. The van der Waals surface area contributed by atoms with Crippen LogP contribution in [0.1, 0.15) is 20.3 Å². The molecule has 0 fully saturated rings. The first-order valence-corrected chi connectivity index (χ1v) is 5.45. The Bertz CT molecular complexity index is 313. The number of likely N-dealkylation sites (N-methyl/N-ethyl adjacent to an activating group) is 1. The van der Waals surface area contributed by atoms with Gasteiger partial charge in [0.05, 0.1) is 0 Å². The maximum atomic E-state index is 11.8. The molecule has 0 saturated heterocycles. The van der Waals surface area contributed by atoms with Crippen molar-refractivity contribution in [2.24, 2.45) is 0 Å². The minimum absolute atomic E-state index is 0.200. The summed E-state index contributed by atoms with van der Waals surface area (Å²) >= 11 is 0. The van der Waals surface area contributed by atoms with Crippen molar-refractivity contribution in [1.82, 2.24) is 10.2 Å². The summed E-state index contributed by atoms with van der Waals surface area (Å²) in [6, 6.07) is -1.33. The summed E-state index contributed by atoms with van der Waals surface area (Å²) in [4.78, 5) is 24.1. The van der Waals surface area contributed by atoms with Crippen LogP contribution < -0.4 is 5.32 Å². The van der Waals surface area contributed by atoms with Gasteiger partial charge in [0.1, 0.15) is 6.04 Å². The second-order valence-electron chi connectivity index (χ2n) is 3.84. The molecule has 0 aromatic heterocycles. The maximum Gasteiger partial charge on any atom is 0.326 e. The van der Waals surface area contributed by atoms with Gasteiger partial charge in [0.2, 0.25) is 0 Å². The van der Waals surface area contributed by atoms with Gasteiger partial charge < -0.3 is 15.3 Å². The topological polar surface area (TPSA) is 69.6 Å². The summed E-state index contributed by atoms with van der Waals surface area (Å²) in [6.07, 6.45) is 1.67. The van der Waals surface area contributed by atoms with E-state index in [2.05, 4.69) is 18.5 Å². The van der Waals surface area contributed by atoms with Crippen LogP contribution in [0.3, 0.4) is 0 Å². The molecule has 1 unspecified atom stereocenters. The normalized spacial score (nSPS) is 11.4. The monoisotopic (exact) mass is 240 g/mol. The first-order chi connectivity index (χ1) is 7.92.